The Kier molecular flexibility index (Phi) is 7.78. The van der Waals surface area contributed by atoms with Crippen molar-refractivity contribution in [3.05, 3.63) is 113 Å². The fraction of sp³-hybridized carbons (Fsp3) is 0.103. The summed E-state index contributed by atoms with van der Waals surface area (Å²) in [6.07, 6.45) is -5.66. The molecule has 40 heavy (non-hydrogen) atoms. The van der Waals surface area contributed by atoms with Gasteiger partial charge in [-0.2, -0.15) is 13.2 Å². The topological polar surface area (TPSA) is 0 Å². The van der Waals surface area contributed by atoms with Gasteiger partial charge in [0.15, 0.2) is 5.83 Å². The molecule has 0 spiro atoms. The first-order chi connectivity index (χ1) is 18.7. The van der Waals surface area contributed by atoms with Crippen LogP contribution >= 0.6 is 0 Å². The van der Waals surface area contributed by atoms with E-state index in [0.717, 1.165) is 36.4 Å². The number of rotatable bonds is 5. The first kappa shape index (κ1) is 28.8. The van der Waals surface area contributed by atoms with E-state index in [1.165, 1.54) is 6.92 Å². The maximum absolute atomic E-state index is 15.0. The van der Waals surface area contributed by atoms with Gasteiger partial charge in [0, 0.05) is 16.7 Å². The molecule has 4 aromatic rings. The van der Waals surface area contributed by atoms with Crippen molar-refractivity contribution in [3.63, 3.8) is 0 Å². The lowest BCUT2D eigenvalue weighted by Gasteiger charge is -2.13. The Morgan fingerprint density at radius 2 is 1.02 bits per heavy atom. The molecule has 0 heterocycles. The number of hydrogen-bond acceptors (Lipinski definition) is 0. The average molecular weight is 572 g/mol. The van der Waals surface area contributed by atoms with Gasteiger partial charge in [0.1, 0.15) is 46.3 Å². The van der Waals surface area contributed by atoms with Gasteiger partial charge >= 0.3 is 6.18 Å². The summed E-state index contributed by atoms with van der Waals surface area (Å²) in [4.78, 5) is 0. The summed E-state index contributed by atoms with van der Waals surface area (Å²) >= 11 is 0. The molecule has 208 valence electrons. The summed E-state index contributed by atoms with van der Waals surface area (Å²) in [7, 11) is 0. The molecule has 0 nitrogen and oxygen atoms in total. The lowest BCUT2D eigenvalue weighted by atomic mass is 9.95. The van der Waals surface area contributed by atoms with Crippen molar-refractivity contribution in [1.82, 2.24) is 0 Å². The summed E-state index contributed by atoms with van der Waals surface area (Å²) in [5.41, 5.74) is -5.24. The Labute approximate surface area is 220 Å². The predicted octanol–water partition coefficient (Wildman–Crippen LogP) is 10.6. The molecule has 0 fully saturated rings. The molecule has 0 aromatic heterocycles. The van der Waals surface area contributed by atoms with Crippen LogP contribution in [0.4, 0.5) is 48.3 Å². The van der Waals surface area contributed by atoms with Crippen LogP contribution in [0.15, 0.2) is 66.5 Å². The van der Waals surface area contributed by atoms with Crippen LogP contribution in [-0.4, -0.2) is 0 Å². The van der Waals surface area contributed by atoms with Gasteiger partial charge in [0.25, 0.3) is 0 Å². The molecule has 4 rings (SSSR count). The molecule has 0 aliphatic rings. The van der Waals surface area contributed by atoms with Crippen molar-refractivity contribution in [2.75, 3.05) is 0 Å². The van der Waals surface area contributed by atoms with Gasteiger partial charge in [-0.15, -0.1) is 0 Å². The zero-order valence-electron chi connectivity index (χ0n) is 20.1. The molecule has 0 bridgehead atoms. The quantitative estimate of drug-likeness (QED) is 0.209. The maximum Gasteiger partial charge on any atom is 0.422 e. The summed E-state index contributed by atoms with van der Waals surface area (Å²) in [6, 6.07) is 7.44. The van der Waals surface area contributed by atoms with Crippen molar-refractivity contribution < 1.29 is 48.3 Å². The van der Waals surface area contributed by atoms with Crippen molar-refractivity contribution in [2.45, 2.75) is 19.5 Å². The minimum atomic E-state index is -5.31. The zero-order chi connectivity index (χ0) is 29.5. The number of alkyl halides is 3. The normalized spacial score (nSPS) is 12.5. The molecule has 0 amide bonds. The first-order valence-electron chi connectivity index (χ1n) is 11.4. The van der Waals surface area contributed by atoms with E-state index >= 15 is 0 Å². The third kappa shape index (κ3) is 5.45. The Morgan fingerprint density at radius 1 is 0.575 bits per heavy atom. The van der Waals surface area contributed by atoms with Gasteiger partial charge in [-0.25, -0.2) is 35.1 Å². The first-order valence-corrected chi connectivity index (χ1v) is 11.4. The molecule has 0 aliphatic heterocycles. The number of halogens is 11. The van der Waals surface area contributed by atoms with E-state index in [1.54, 1.807) is 0 Å². The third-order valence-electron chi connectivity index (χ3n) is 6.02. The Balaban J connectivity index is 1.70. The average Bonchev–Trinajstić information content (AvgIpc) is 2.86. The molecule has 0 saturated carbocycles. The second-order valence-corrected chi connectivity index (χ2v) is 8.59. The van der Waals surface area contributed by atoms with Crippen LogP contribution < -0.4 is 0 Å². The van der Waals surface area contributed by atoms with Crippen molar-refractivity contribution in [1.29, 1.82) is 0 Å². The molecular formula is C29H15F11. The van der Waals surface area contributed by atoms with Crippen LogP contribution in [0.3, 0.4) is 0 Å². The van der Waals surface area contributed by atoms with E-state index in [2.05, 4.69) is 0 Å². The third-order valence-corrected chi connectivity index (χ3v) is 6.02. The maximum atomic E-state index is 15.0. The second kappa shape index (κ2) is 10.8. The van der Waals surface area contributed by atoms with Gasteiger partial charge in [-0.3, -0.25) is 0 Å². The lowest BCUT2D eigenvalue weighted by molar-refractivity contribution is -0.142. The van der Waals surface area contributed by atoms with Gasteiger partial charge in [-0.1, -0.05) is 31.2 Å². The molecule has 11 heteroatoms. The van der Waals surface area contributed by atoms with E-state index in [0.29, 0.717) is 24.3 Å². The molecule has 0 N–H and O–H groups in total. The fourth-order valence-electron chi connectivity index (χ4n) is 4.11. The molecule has 4 aromatic carbocycles. The standard InChI is InChI=1S/C29H15F11/c1-2-19(30)28(37)16-11-22(33)26(23(34)12-16)14-4-6-17(21(32)8-14)13-3-5-18(20(31)7-13)15-9-24(35)27(25(36)10-15)29(38,39)40/h3-12H,2H2,1H3. The smallest absolute Gasteiger partial charge is 0.209 e. The van der Waals surface area contributed by atoms with E-state index in [4.69, 9.17) is 0 Å². The monoisotopic (exact) mass is 572 g/mol. The summed E-state index contributed by atoms with van der Waals surface area (Å²) in [5.74, 6) is -11.4. The largest absolute Gasteiger partial charge is 0.422 e. The predicted molar refractivity (Wildman–Crippen MR) is 127 cm³/mol. The zero-order valence-corrected chi connectivity index (χ0v) is 20.1. The van der Waals surface area contributed by atoms with Crippen molar-refractivity contribution in [3.8, 4) is 33.4 Å². The summed E-state index contributed by atoms with van der Waals surface area (Å²) in [5, 5.41) is 0. The van der Waals surface area contributed by atoms with Gasteiger partial charge in [-0.05, 0) is 59.5 Å². The Bertz CT molecular complexity index is 1600. The van der Waals surface area contributed by atoms with Crippen LogP contribution in [0.2, 0.25) is 0 Å². The number of hydrogen-bond donors (Lipinski definition) is 0. The Morgan fingerprint density at radius 3 is 1.50 bits per heavy atom. The number of allylic oxidation sites excluding steroid dienone is 1. The van der Waals surface area contributed by atoms with E-state index in [-0.39, 0.29) is 23.1 Å². The van der Waals surface area contributed by atoms with E-state index in [1.807, 2.05) is 0 Å². The van der Waals surface area contributed by atoms with Crippen LogP contribution in [0.5, 0.6) is 0 Å². The highest BCUT2D eigenvalue weighted by molar-refractivity contribution is 5.75. The molecule has 0 atom stereocenters. The highest BCUT2D eigenvalue weighted by Crippen LogP contribution is 2.38. The second-order valence-electron chi connectivity index (χ2n) is 8.59. The highest BCUT2D eigenvalue weighted by atomic mass is 19.4. The minimum Gasteiger partial charge on any atom is -0.209 e. The van der Waals surface area contributed by atoms with Gasteiger partial charge in [0.2, 0.25) is 0 Å². The molecule has 0 saturated heterocycles. The summed E-state index contributed by atoms with van der Waals surface area (Å²) < 4.78 is 153. The number of benzene rings is 4. The van der Waals surface area contributed by atoms with Crippen LogP contribution in [-0.2, 0) is 6.18 Å². The van der Waals surface area contributed by atoms with Crippen molar-refractivity contribution >= 4 is 5.83 Å². The van der Waals surface area contributed by atoms with Crippen LogP contribution in [0.25, 0.3) is 39.2 Å². The SMILES string of the molecule is CCC(F)=C(F)c1cc(F)c(-c2ccc(-c3ccc(-c4cc(F)c(C(F)(F)F)c(F)c4)c(F)c3)c(F)c2)c(F)c1. The van der Waals surface area contributed by atoms with Gasteiger partial charge < -0.3 is 0 Å². The molecule has 0 unspecified atom stereocenters. The summed E-state index contributed by atoms with van der Waals surface area (Å²) in [6.45, 7) is 1.30. The van der Waals surface area contributed by atoms with E-state index < -0.39 is 80.6 Å². The fourth-order valence-corrected chi connectivity index (χ4v) is 4.11. The minimum absolute atomic E-state index is 0.114. The van der Waals surface area contributed by atoms with Crippen molar-refractivity contribution in [2.24, 2.45) is 0 Å². The lowest BCUT2D eigenvalue weighted by Crippen LogP contribution is -2.11. The molecular weight excluding hydrogens is 557 g/mol. The Hall–Kier alpha value is -4.15. The highest BCUT2D eigenvalue weighted by Gasteiger charge is 2.38. The molecule has 0 radical (unpaired) electrons. The van der Waals surface area contributed by atoms with Crippen LogP contribution in [0, 0.1) is 34.9 Å². The van der Waals surface area contributed by atoms with Gasteiger partial charge in [0.05, 0.1) is 5.56 Å². The van der Waals surface area contributed by atoms with E-state index in [9.17, 15) is 48.3 Å². The molecule has 0 aliphatic carbocycles. The van der Waals surface area contributed by atoms with Crippen LogP contribution in [0.1, 0.15) is 24.5 Å².